The van der Waals surface area contributed by atoms with Crippen LogP contribution in [0.4, 0.5) is 4.79 Å². The van der Waals surface area contributed by atoms with Crippen molar-refractivity contribution in [3.05, 3.63) is 0 Å². The van der Waals surface area contributed by atoms with Gasteiger partial charge in [-0.25, -0.2) is 4.79 Å². The van der Waals surface area contributed by atoms with Crippen LogP contribution < -0.4 is 10.6 Å². The van der Waals surface area contributed by atoms with E-state index in [0.717, 1.165) is 38.6 Å². The molecule has 2 aliphatic heterocycles. The van der Waals surface area contributed by atoms with Gasteiger partial charge in [0.2, 0.25) is 0 Å². The Bertz CT molecular complexity index is 615. The van der Waals surface area contributed by atoms with Crippen molar-refractivity contribution in [1.82, 2.24) is 15.5 Å². The monoisotopic (exact) mass is 444 g/mol. The summed E-state index contributed by atoms with van der Waals surface area (Å²) in [5.41, 5.74) is -1.31. The van der Waals surface area contributed by atoms with Crippen molar-refractivity contribution in [2.45, 2.75) is 82.6 Å². The molecule has 2 saturated heterocycles. The lowest BCUT2D eigenvalue weighted by molar-refractivity contribution is -0.0755. The van der Waals surface area contributed by atoms with E-state index in [2.05, 4.69) is 21.9 Å². The molecule has 0 radical (unpaired) electrons. The van der Waals surface area contributed by atoms with Crippen LogP contribution in [0.5, 0.6) is 0 Å². The maximum atomic E-state index is 12.9. The highest BCUT2D eigenvalue weighted by molar-refractivity contribution is 8.00. The van der Waals surface area contributed by atoms with Crippen molar-refractivity contribution >= 4 is 23.8 Å². The van der Waals surface area contributed by atoms with Gasteiger partial charge in [0.1, 0.15) is 11.3 Å². The Kier molecular flexibility index (Phi) is 8.32. The maximum absolute atomic E-state index is 12.9. The first kappa shape index (κ1) is 25.1. The Balaban J connectivity index is 2.00. The van der Waals surface area contributed by atoms with Crippen LogP contribution in [0.1, 0.15) is 54.4 Å². The number of guanidine groups is 1. The summed E-state index contributed by atoms with van der Waals surface area (Å²) >= 11 is 1.88. The van der Waals surface area contributed by atoms with Gasteiger partial charge in [0.05, 0.1) is 12.1 Å². The summed E-state index contributed by atoms with van der Waals surface area (Å²) < 4.78 is 17.4. The molecule has 2 unspecified atom stereocenters. The smallest absolute Gasteiger partial charge is 0.412 e. The topological polar surface area (TPSA) is 84.4 Å². The van der Waals surface area contributed by atoms with E-state index in [1.165, 1.54) is 0 Å². The molecule has 174 valence electrons. The third-order valence-corrected chi connectivity index (χ3v) is 7.05. The van der Waals surface area contributed by atoms with Crippen molar-refractivity contribution in [2.24, 2.45) is 4.99 Å². The fraction of sp³-hybridized carbons (Fsp3) is 0.905. The average Bonchev–Trinajstić information content (AvgIpc) is 2.89. The number of rotatable bonds is 5. The Morgan fingerprint density at radius 3 is 2.43 bits per heavy atom. The SMILES string of the molecule is CN=C(NCC1C(C)OC(C)(C)N1C(=O)OC(C)(C)C)NCC1(SC)CCOCC1. The highest BCUT2D eigenvalue weighted by Crippen LogP contribution is 2.34. The second-order valence-corrected chi connectivity index (χ2v) is 10.8. The van der Waals surface area contributed by atoms with Gasteiger partial charge >= 0.3 is 6.09 Å². The molecule has 2 rings (SSSR count). The van der Waals surface area contributed by atoms with Crippen LogP contribution in [-0.2, 0) is 14.2 Å². The van der Waals surface area contributed by atoms with Crippen molar-refractivity contribution in [3.63, 3.8) is 0 Å². The van der Waals surface area contributed by atoms with Gasteiger partial charge in [-0.3, -0.25) is 9.89 Å². The van der Waals surface area contributed by atoms with Crippen molar-refractivity contribution in [2.75, 3.05) is 39.6 Å². The number of amides is 1. The molecule has 0 aromatic rings. The highest BCUT2D eigenvalue weighted by atomic mass is 32.2. The first-order chi connectivity index (χ1) is 13.9. The summed E-state index contributed by atoms with van der Waals surface area (Å²) in [4.78, 5) is 19.0. The molecular formula is C21H40N4O4S. The van der Waals surface area contributed by atoms with Crippen LogP contribution in [0.25, 0.3) is 0 Å². The Hall–Kier alpha value is -1.19. The molecule has 2 N–H and O–H groups in total. The van der Waals surface area contributed by atoms with E-state index in [4.69, 9.17) is 14.2 Å². The van der Waals surface area contributed by atoms with Gasteiger partial charge in [0.15, 0.2) is 5.96 Å². The number of thioether (sulfide) groups is 1. The van der Waals surface area contributed by atoms with E-state index in [-0.39, 0.29) is 23.0 Å². The van der Waals surface area contributed by atoms with Gasteiger partial charge in [-0.1, -0.05) is 0 Å². The number of hydrogen-bond acceptors (Lipinski definition) is 6. The summed E-state index contributed by atoms with van der Waals surface area (Å²) in [6, 6.07) is -0.175. The van der Waals surface area contributed by atoms with Gasteiger partial charge in [0, 0.05) is 38.1 Å². The minimum absolute atomic E-state index is 0.133. The molecule has 0 aromatic carbocycles. The van der Waals surface area contributed by atoms with Crippen molar-refractivity contribution < 1.29 is 19.0 Å². The lowest BCUT2D eigenvalue weighted by Crippen LogP contribution is -2.55. The summed E-state index contributed by atoms with van der Waals surface area (Å²) in [6.45, 7) is 14.3. The molecule has 2 atom stereocenters. The second-order valence-electron chi connectivity index (χ2n) is 9.49. The number of nitrogens with zero attached hydrogens (tertiary/aromatic N) is 2. The van der Waals surface area contributed by atoms with Gasteiger partial charge in [-0.2, -0.15) is 11.8 Å². The molecule has 2 aliphatic rings. The van der Waals surface area contributed by atoms with Gasteiger partial charge in [-0.05, 0) is 60.6 Å². The molecule has 30 heavy (non-hydrogen) atoms. The summed E-state index contributed by atoms with van der Waals surface area (Å²) in [5, 5.41) is 6.84. The molecule has 9 heteroatoms. The predicted molar refractivity (Wildman–Crippen MR) is 122 cm³/mol. The van der Waals surface area contributed by atoms with Crippen LogP contribution in [0.3, 0.4) is 0 Å². The first-order valence-electron chi connectivity index (χ1n) is 10.7. The lowest BCUT2D eigenvalue weighted by atomic mass is 9.99. The van der Waals surface area contributed by atoms with E-state index in [1.54, 1.807) is 11.9 Å². The van der Waals surface area contributed by atoms with Gasteiger partial charge in [0.25, 0.3) is 0 Å². The van der Waals surface area contributed by atoms with Crippen LogP contribution in [0.2, 0.25) is 0 Å². The number of hydrogen-bond donors (Lipinski definition) is 2. The zero-order chi connectivity index (χ0) is 22.6. The molecule has 2 heterocycles. The quantitative estimate of drug-likeness (QED) is 0.498. The summed E-state index contributed by atoms with van der Waals surface area (Å²) in [7, 11) is 1.76. The fourth-order valence-electron chi connectivity index (χ4n) is 3.99. The molecule has 8 nitrogen and oxygen atoms in total. The standard InChI is InChI=1S/C21H40N4O4S/c1-15-16(25(20(5,6)28-15)18(26)29-19(2,3)4)13-23-17(22-7)24-14-21(30-8)9-11-27-12-10-21/h15-16H,9-14H2,1-8H3,(H2,22,23,24). The van der Waals surface area contributed by atoms with Gasteiger partial charge in [-0.15, -0.1) is 0 Å². The number of aliphatic imine (C=N–C) groups is 1. The van der Waals surface area contributed by atoms with Crippen LogP contribution in [-0.4, -0.2) is 84.8 Å². The molecule has 1 amide bonds. The molecule has 0 saturated carbocycles. The minimum atomic E-state index is -0.740. The predicted octanol–water partition coefficient (Wildman–Crippen LogP) is 2.82. The summed E-state index contributed by atoms with van der Waals surface area (Å²) in [6.07, 6.45) is 3.70. The number of nitrogens with one attached hydrogen (secondary N) is 2. The van der Waals surface area contributed by atoms with E-state index in [9.17, 15) is 4.79 Å². The first-order valence-corrected chi connectivity index (χ1v) is 11.9. The Labute approximate surface area is 185 Å². The molecule has 0 aliphatic carbocycles. The molecule has 2 fully saturated rings. The highest BCUT2D eigenvalue weighted by Gasteiger charge is 2.49. The Morgan fingerprint density at radius 1 is 1.27 bits per heavy atom. The van der Waals surface area contributed by atoms with E-state index in [1.807, 2.05) is 53.3 Å². The number of carbonyl (C=O) groups is 1. The van der Waals surface area contributed by atoms with E-state index in [0.29, 0.717) is 6.54 Å². The molecule has 0 aromatic heterocycles. The Morgan fingerprint density at radius 2 is 1.90 bits per heavy atom. The largest absolute Gasteiger partial charge is 0.444 e. The van der Waals surface area contributed by atoms with Crippen LogP contribution in [0.15, 0.2) is 4.99 Å². The van der Waals surface area contributed by atoms with Gasteiger partial charge < -0.3 is 24.8 Å². The summed E-state index contributed by atoms with van der Waals surface area (Å²) in [5.74, 6) is 0.718. The fourth-order valence-corrected chi connectivity index (χ4v) is 4.78. The zero-order valence-electron chi connectivity index (χ0n) is 19.8. The van der Waals surface area contributed by atoms with E-state index < -0.39 is 11.3 Å². The zero-order valence-corrected chi connectivity index (χ0v) is 20.6. The van der Waals surface area contributed by atoms with Crippen molar-refractivity contribution in [3.8, 4) is 0 Å². The molecule has 0 bridgehead atoms. The van der Waals surface area contributed by atoms with Crippen LogP contribution in [0, 0.1) is 0 Å². The molecular weight excluding hydrogens is 404 g/mol. The maximum Gasteiger partial charge on any atom is 0.412 e. The third kappa shape index (κ3) is 6.40. The third-order valence-electron chi connectivity index (χ3n) is 5.64. The molecule has 0 spiro atoms. The van der Waals surface area contributed by atoms with E-state index >= 15 is 0 Å². The minimum Gasteiger partial charge on any atom is -0.444 e. The van der Waals surface area contributed by atoms with Crippen molar-refractivity contribution in [1.29, 1.82) is 0 Å². The second kappa shape index (κ2) is 9.96. The average molecular weight is 445 g/mol. The number of carbonyl (C=O) groups excluding carboxylic acids is 1. The lowest BCUT2D eigenvalue weighted by Gasteiger charge is -2.36. The number of ether oxygens (including phenoxy) is 3. The normalized spacial score (nSPS) is 26.4. The van der Waals surface area contributed by atoms with Crippen LogP contribution >= 0.6 is 11.8 Å².